The maximum Gasteiger partial charge on any atom is 0.337 e. The zero-order valence-corrected chi connectivity index (χ0v) is 16.7. The molecule has 1 aliphatic heterocycles. The number of carbonyl (C=O) groups excluding carboxylic acids is 2. The topological polar surface area (TPSA) is 111 Å². The zero-order chi connectivity index (χ0) is 19.7. The van der Waals surface area contributed by atoms with Crippen LogP contribution in [0.5, 0.6) is 0 Å². The molecule has 9 nitrogen and oxygen atoms in total. The highest BCUT2D eigenvalue weighted by atomic mass is 32.2. The van der Waals surface area contributed by atoms with E-state index in [-0.39, 0.29) is 12.6 Å². The lowest BCUT2D eigenvalue weighted by Crippen LogP contribution is -2.49. The molecule has 2 aromatic rings. The van der Waals surface area contributed by atoms with E-state index in [0.29, 0.717) is 28.0 Å². The largest absolute Gasteiger partial charge is 0.463 e. The summed E-state index contributed by atoms with van der Waals surface area (Å²) in [4.78, 5) is 33.0. The first kappa shape index (κ1) is 19.2. The molecule has 0 saturated carbocycles. The summed E-state index contributed by atoms with van der Waals surface area (Å²) < 4.78 is 6.82. The summed E-state index contributed by atoms with van der Waals surface area (Å²) in [6, 6.07) is -0.783. The van der Waals surface area contributed by atoms with Gasteiger partial charge in [-0.25, -0.2) is 19.1 Å². The number of hydrogen-bond acceptors (Lipinski definition) is 7. The average molecular weight is 390 g/mol. The van der Waals surface area contributed by atoms with Gasteiger partial charge in [0, 0.05) is 22.8 Å². The van der Waals surface area contributed by atoms with Crippen LogP contribution in [0.25, 0.3) is 5.78 Å². The third-order valence-corrected chi connectivity index (χ3v) is 5.32. The lowest BCUT2D eigenvalue weighted by atomic mass is 10.1. The first-order valence-electron chi connectivity index (χ1n) is 8.62. The second-order valence-electron chi connectivity index (χ2n) is 6.24. The molecule has 0 saturated heterocycles. The van der Waals surface area contributed by atoms with Gasteiger partial charge in [0.15, 0.2) is 0 Å². The maximum atomic E-state index is 12.3. The number of hydrogen-bond donors (Lipinski definition) is 2. The van der Waals surface area contributed by atoms with E-state index >= 15 is 0 Å². The van der Waals surface area contributed by atoms with Crippen LogP contribution in [0.2, 0.25) is 0 Å². The fourth-order valence-corrected chi connectivity index (χ4v) is 3.62. The zero-order valence-electron chi connectivity index (χ0n) is 15.9. The van der Waals surface area contributed by atoms with Crippen LogP contribution >= 0.6 is 11.8 Å². The van der Waals surface area contributed by atoms with Gasteiger partial charge in [0.05, 0.1) is 18.2 Å². The molecule has 0 spiro atoms. The summed E-state index contributed by atoms with van der Waals surface area (Å²) in [5, 5.41) is 10.4. The van der Waals surface area contributed by atoms with Gasteiger partial charge >= 0.3 is 12.0 Å². The van der Waals surface area contributed by atoms with Crippen LogP contribution < -0.4 is 10.6 Å². The van der Waals surface area contributed by atoms with Crippen LogP contribution in [0.4, 0.5) is 4.79 Å². The SMILES string of the molecule is CCOC(=O)C1=C(CSc2nc3nc(C)c(C)c(C)n3n2)NC(=O)NC1C. The van der Waals surface area contributed by atoms with Crippen LogP contribution in [0, 0.1) is 20.8 Å². The van der Waals surface area contributed by atoms with Crippen molar-refractivity contribution < 1.29 is 14.3 Å². The van der Waals surface area contributed by atoms with Crippen LogP contribution in [0.1, 0.15) is 30.8 Å². The number of nitrogens with one attached hydrogen (secondary N) is 2. The molecule has 2 aromatic heterocycles. The molecule has 2 N–H and O–H groups in total. The fraction of sp³-hybridized carbons (Fsp3) is 0.471. The van der Waals surface area contributed by atoms with E-state index in [0.717, 1.165) is 17.0 Å². The Bertz CT molecular complexity index is 952. The molecule has 2 amide bonds. The van der Waals surface area contributed by atoms with E-state index in [9.17, 15) is 9.59 Å². The Morgan fingerprint density at radius 3 is 2.74 bits per heavy atom. The highest BCUT2D eigenvalue weighted by Crippen LogP contribution is 2.23. The van der Waals surface area contributed by atoms with Crippen molar-refractivity contribution in [3.8, 4) is 0 Å². The third kappa shape index (κ3) is 3.75. The van der Waals surface area contributed by atoms with Crippen molar-refractivity contribution in [3.63, 3.8) is 0 Å². The quantitative estimate of drug-likeness (QED) is 0.590. The molecule has 0 aliphatic carbocycles. The van der Waals surface area contributed by atoms with E-state index < -0.39 is 12.0 Å². The minimum Gasteiger partial charge on any atom is -0.463 e. The molecule has 1 aliphatic rings. The van der Waals surface area contributed by atoms with Gasteiger partial charge in [-0.3, -0.25) is 0 Å². The summed E-state index contributed by atoms with van der Waals surface area (Å²) in [6.45, 7) is 9.65. The number of aryl methyl sites for hydroxylation is 2. The van der Waals surface area contributed by atoms with Crippen molar-refractivity contribution in [2.75, 3.05) is 12.4 Å². The summed E-state index contributed by atoms with van der Waals surface area (Å²) >= 11 is 1.33. The number of thioether (sulfide) groups is 1. The van der Waals surface area contributed by atoms with Crippen molar-refractivity contribution in [1.29, 1.82) is 0 Å². The smallest absolute Gasteiger partial charge is 0.337 e. The van der Waals surface area contributed by atoms with E-state index in [4.69, 9.17) is 4.74 Å². The van der Waals surface area contributed by atoms with Crippen molar-refractivity contribution in [3.05, 3.63) is 28.2 Å². The second kappa shape index (κ2) is 7.55. The van der Waals surface area contributed by atoms with Gasteiger partial charge in [-0.1, -0.05) is 11.8 Å². The Morgan fingerprint density at radius 2 is 2.04 bits per heavy atom. The molecule has 0 aromatic carbocycles. The minimum atomic E-state index is -0.445. The molecule has 27 heavy (non-hydrogen) atoms. The Hall–Kier alpha value is -2.62. The molecule has 1 atom stereocenters. The molecule has 144 valence electrons. The van der Waals surface area contributed by atoms with Gasteiger partial charge in [0.25, 0.3) is 5.78 Å². The molecule has 3 heterocycles. The number of nitrogens with zero attached hydrogens (tertiary/aromatic N) is 4. The second-order valence-corrected chi connectivity index (χ2v) is 7.18. The van der Waals surface area contributed by atoms with E-state index in [1.165, 1.54) is 11.8 Å². The Kier molecular flexibility index (Phi) is 5.36. The molecular formula is C17H22N6O3S. The van der Waals surface area contributed by atoms with Crippen molar-refractivity contribution in [2.24, 2.45) is 0 Å². The lowest BCUT2D eigenvalue weighted by Gasteiger charge is -2.26. The number of aromatic nitrogens is 4. The lowest BCUT2D eigenvalue weighted by molar-refractivity contribution is -0.138. The van der Waals surface area contributed by atoms with Crippen molar-refractivity contribution in [1.82, 2.24) is 30.2 Å². The Morgan fingerprint density at radius 1 is 1.30 bits per heavy atom. The van der Waals surface area contributed by atoms with Gasteiger partial charge in [-0.15, -0.1) is 5.10 Å². The van der Waals surface area contributed by atoms with E-state index in [1.807, 2.05) is 20.8 Å². The highest BCUT2D eigenvalue weighted by Gasteiger charge is 2.29. The number of fused-ring (bicyclic) bond motifs is 1. The Balaban J connectivity index is 1.88. The van der Waals surface area contributed by atoms with Crippen molar-refractivity contribution >= 4 is 29.5 Å². The molecule has 0 radical (unpaired) electrons. The van der Waals surface area contributed by atoms with Crippen molar-refractivity contribution in [2.45, 2.75) is 45.8 Å². The standard InChI is InChI=1S/C17H22N6O3S/c1-6-26-14(24)13-10(4)19-16(25)20-12(13)7-27-17-21-15-18-9(3)8(2)11(5)23(15)22-17/h10H,6-7H2,1-5H3,(H2,19,20,25). The number of esters is 1. The van der Waals surface area contributed by atoms with Gasteiger partial charge in [0.1, 0.15) is 0 Å². The van der Waals surface area contributed by atoms with Crippen LogP contribution in [-0.4, -0.2) is 50.0 Å². The van der Waals surface area contributed by atoms with Crippen LogP contribution in [0.3, 0.4) is 0 Å². The summed E-state index contributed by atoms with van der Waals surface area (Å²) in [5.74, 6) is 0.417. The molecular weight excluding hydrogens is 368 g/mol. The summed E-state index contributed by atoms with van der Waals surface area (Å²) in [5.41, 5.74) is 3.87. The van der Waals surface area contributed by atoms with Gasteiger partial charge < -0.3 is 15.4 Å². The third-order valence-electron chi connectivity index (χ3n) is 4.45. The van der Waals surface area contributed by atoms with Gasteiger partial charge in [0.2, 0.25) is 5.16 Å². The van der Waals surface area contributed by atoms with E-state index in [1.54, 1.807) is 18.4 Å². The minimum absolute atomic E-state index is 0.265. The van der Waals surface area contributed by atoms with Gasteiger partial charge in [-0.05, 0) is 40.2 Å². The maximum absolute atomic E-state index is 12.3. The van der Waals surface area contributed by atoms with Crippen LogP contribution in [0.15, 0.2) is 16.4 Å². The normalized spacial score (nSPS) is 17.1. The predicted molar refractivity (Wildman–Crippen MR) is 101 cm³/mol. The van der Waals surface area contributed by atoms with Gasteiger partial charge in [-0.2, -0.15) is 4.98 Å². The molecule has 10 heteroatoms. The highest BCUT2D eigenvalue weighted by molar-refractivity contribution is 7.99. The average Bonchev–Trinajstić information content (AvgIpc) is 3.00. The first-order valence-corrected chi connectivity index (χ1v) is 9.61. The van der Waals surface area contributed by atoms with Crippen LogP contribution in [-0.2, 0) is 9.53 Å². The molecule has 0 fully saturated rings. The number of carbonyl (C=O) groups is 2. The molecule has 3 rings (SSSR count). The first-order chi connectivity index (χ1) is 12.8. The number of amides is 2. The number of ether oxygens (including phenoxy) is 1. The molecule has 0 bridgehead atoms. The monoisotopic (exact) mass is 390 g/mol. The Labute approximate surface area is 161 Å². The molecule has 1 unspecified atom stereocenters. The van der Waals surface area contributed by atoms with E-state index in [2.05, 4.69) is 25.7 Å². The fourth-order valence-electron chi connectivity index (χ4n) is 2.83. The summed E-state index contributed by atoms with van der Waals surface area (Å²) in [7, 11) is 0. The predicted octanol–water partition coefficient (Wildman–Crippen LogP) is 1.66. The number of urea groups is 1. The summed E-state index contributed by atoms with van der Waals surface area (Å²) in [6.07, 6.45) is 0. The number of rotatable bonds is 5.